The van der Waals surface area contributed by atoms with Crippen LogP contribution in [0.3, 0.4) is 0 Å². The van der Waals surface area contributed by atoms with Crippen LogP contribution in [0.15, 0.2) is 23.0 Å². The summed E-state index contributed by atoms with van der Waals surface area (Å²) in [6.07, 6.45) is 3.90. The van der Waals surface area contributed by atoms with Crippen LogP contribution in [0.2, 0.25) is 0 Å². The van der Waals surface area contributed by atoms with Crippen molar-refractivity contribution < 1.29 is 14.3 Å². The standard InChI is InChI=1S/C9H12O3/c10-9-6-12-5-8(9)3-7-1-2-11-4-7/h1-2,4,8-10H,3,5-6H2/t8-,9-/m1/s1. The molecule has 0 saturated carbocycles. The lowest BCUT2D eigenvalue weighted by Gasteiger charge is -2.09. The van der Waals surface area contributed by atoms with Crippen molar-refractivity contribution in [2.75, 3.05) is 13.2 Å². The third-order valence-electron chi connectivity index (χ3n) is 2.24. The molecule has 1 aromatic rings. The summed E-state index contributed by atoms with van der Waals surface area (Å²) in [4.78, 5) is 0. The lowest BCUT2D eigenvalue weighted by Crippen LogP contribution is -2.19. The van der Waals surface area contributed by atoms with Gasteiger partial charge in [0.1, 0.15) is 0 Å². The maximum absolute atomic E-state index is 9.43. The van der Waals surface area contributed by atoms with Gasteiger partial charge in [-0.25, -0.2) is 0 Å². The first-order valence-electron chi connectivity index (χ1n) is 4.13. The Labute approximate surface area is 71.0 Å². The molecule has 0 unspecified atom stereocenters. The Morgan fingerprint density at radius 1 is 1.50 bits per heavy atom. The monoisotopic (exact) mass is 168 g/mol. The van der Waals surface area contributed by atoms with Crippen LogP contribution < -0.4 is 0 Å². The quantitative estimate of drug-likeness (QED) is 0.711. The molecule has 0 bridgehead atoms. The van der Waals surface area contributed by atoms with Gasteiger partial charge in [-0.1, -0.05) is 0 Å². The van der Waals surface area contributed by atoms with Crippen molar-refractivity contribution in [3.63, 3.8) is 0 Å². The minimum Gasteiger partial charge on any atom is -0.472 e. The van der Waals surface area contributed by atoms with Crippen molar-refractivity contribution in [2.45, 2.75) is 12.5 Å². The Bertz CT molecular complexity index is 230. The van der Waals surface area contributed by atoms with Crippen molar-refractivity contribution >= 4 is 0 Å². The Morgan fingerprint density at radius 3 is 3.00 bits per heavy atom. The smallest absolute Gasteiger partial charge is 0.0934 e. The first kappa shape index (κ1) is 7.83. The van der Waals surface area contributed by atoms with E-state index in [9.17, 15) is 5.11 Å². The second kappa shape index (κ2) is 3.29. The van der Waals surface area contributed by atoms with Gasteiger partial charge in [-0.05, 0) is 18.1 Å². The van der Waals surface area contributed by atoms with Crippen LogP contribution in [0.5, 0.6) is 0 Å². The van der Waals surface area contributed by atoms with E-state index in [1.165, 1.54) is 0 Å². The molecule has 2 atom stereocenters. The summed E-state index contributed by atoms with van der Waals surface area (Å²) in [5, 5.41) is 9.43. The molecule has 3 nitrogen and oxygen atoms in total. The molecule has 1 aliphatic rings. The summed E-state index contributed by atoms with van der Waals surface area (Å²) in [6.45, 7) is 1.13. The molecule has 0 radical (unpaired) electrons. The Balaban J connectivity index is 1.95. The van der Waals surface area contributed by atoms with E-state index < -0.39 is 0 Å². The fraction of sp³-hybridized carbons (Fsp3) is 0.556. The maximum Gasteiger partial charge on any atom is 0.0934 e. The van der Waals surface area contributed by atoms with Gasteiger partial charge in [0.2, 0.25) is 0 Å². The van der Waals surface area contributed by atoms with Crippen molar-refractivity contribution in [3.05, 3.63) is 24.2 Å². The third-order valence-corrected chi connectivity index (χ3v) is 2.24. The Hall–Kier alpha value is -0.800. The number of ether oxygens (including phenoxy) is 1. The number of hydrogen-bond acceptors (Lipinski definition) is 3. The highest BCUT2D eigenvalue weighted by Gasteiger charge is 2.26. The van der Waals surface area contributed by atoms with Gasteiger partial charge >= 0.3 is 0 Å². The molecule has 0 spiro atoms. The first-order chi connectivity index (χ1) is 5.86. The number of aliphatic hydroxyl groups excluding tert-OH is 1. The third kappa shape index (κ3) is 1.52. The molecule has 0 aromatic carbocycles. The second-order valence-electron chi connectivity index (χ2n) is 3.20. The molecule has 2 rings (SSSR count). The molecular formula is C9H12O3. The van der Waals surface area contributed by atoms with E-state index >= 15 is 0 Å². The molecule has 66 valence electrons. The normalized spacial score (nSPS) is 29.4. The van der Waals surface area contributed by atoms with Crippen molar-refractivity contribution in [3.8, 4) is 0 Å². The number of rotatable bonds is 2. The highest BCUT2D eigenvalue weighted by Crippen LogP contribution is 2.18. The van der Waals surface area contributed by atoms with Gasteiger partial charge in [0.05, 0.1) is 31.8 Å². The van der Waals surface area contributed by atoms with Gasteiger partial charge in [-0.15, -0.1) is 0 Å². The zero-order chi connectivity index (χ0) is 8.39. The summed E-state index contributed by atoms with van der Waals surface area (Å²) >= 11 is 0. The zero-order valence-corrected chi connectivity index (χ0v) is 6.77. The topological polar surface area (TPSA) is 42.6 Å². The number of aliphatic hydroxyl groups is 1. The van der Waals surface area contributed by atoms with E-state index in [0.717, 1.165) is 12.0 Å². The van der Waals surface area contributed by atoms with Crippen LogP contribution in [-0.4, -0.2) is 24.4 Å². The summed E-state index contributed by atoms with van der Waals surface area (Å²) < 4.78 is 10.1. The van der Waals surface area contributed by atoms with Gasteiger partial charge in [-0.2, -0.15) is 0 Å². The first-order valence-corrected chi connectivity index (χ1v) is 4.13. The SMILES string of the molecule is O[C@@H]1COC[C@H]1Cc1ccoc1. The molecule has 12 heavy (non-hydrogen) atoms. The van der Waals surface area contributed by atoms with Crippen molar-refractivity contribution in [2.24, 2.45) is 5.92 Å². The summed E-state index contributed by atoms with van der Waals surface area (Å²) in [7, 11) is 0. The van der Waals surface area contributed by atoms with Crippen LogP contribution in [0.1, 0.15) is 5.56 Å². The molecule has 1 aliphatic heterocycles. The minimum atomic E-state index is -0.306. The van der Waals surface area contributed by atoms with E-state index in [1.54, 1.807) is 12.5 Å². The predicted molar refractivity (Wildman–Crippen MR) is 42.7 cm³/mol. The zero-order valence-electron chi connectivity index (χ0n) is 6.77. The lowest BCUT2D eigenvalue weighted by atomic mass is 9.99. The van der Waals surface area contributed by atoms with E-state index in [2.05, 4.69) is 0 Å². The van der Waals surface area contributed by atoms with Crippen LogP contribution in [0, 0.1) is 5.92 Å². The van der Waals surface area contributed by atoms with Crippen LogP contribution in [-0.2, 0) is 11.2 Å². The van der Waals surface area contributed by atoms with E-state index in [1.807, 2.05) is 6.07 Å². The maximum atomic E-state index is 9.43. The number of hydrogen-bond donors (Lipinski definition) is 1. The van der Waals surface area contributed by atoms with Crippen LogP contribution >= 0.6 is 0 Å². The number of furan rings is 1. The average molecular weight is 168 g/mol. The van der Waals surface area contributed by atoms with Crippen LogP contribution in [0.4, 0.5) is 0 Å². The summed E-state index contributed by atoms with van der Waals surface area (Å²) in [5.41, 5.74) is 1.13. The Kier molecular flexibility index (Phi) is 2.15. The molecular weight excluding hydrogens is 156 g/mol. The van der Waals surface area contributed by atoms with Gasteiger partial charge in [0, 0.05) is 5.92 Å². The van der Waals surface area contributed by atoms with E-state index in [4.69, 9.17) is 9.15 Å². The fourth-order valence-electron chi connectivity index (χ4n) is 1.49. The molecule has 1 fully saturated rings. The van der Waals surface area contributed by atoms with Crippen LogP contribution in [0.25, 0.3) is 0 Å². The Morgan fingerprint density at radius 2 is 2.42 bits per heavy atom. The summed E-state index contributed by atoms with van der Waals surface area (Å²) in [5.74, 6) is 0.239. The minimum absolute atomic E-state index is 0.239. The molecule has 3 heteroatoms. The van der Waals surface area contributed by atoms with Gasteiger partial charge in [0.25, 0.3) is 0 Å². The molecule has 0 aliphatic carbocycles. The molecule has 1 aromatic heterocycles. The van der Waals surface area contributed by atoms with Crippen molar-refractivity contribution in [1.82, 2.24) is 0 Å². The van der Waals surface area contributed by atoms with E-state index in [0.29, 0.717) is 13.2 Å². The molecule has 1 N–H and O–H groups in total. The largest absolute Gasteiger partial charge is 0.472 e. The fourth-order valence-corrected chi connectivity index (χ4v) is 1.49. The second-order valence-corrected chi connectivity index (χ2v) is 3.20. The van der Waals surface area contributed by atoms with E-state index in [-0.39, 0.29) is 12.0 Å². The van der Waals surface area contributed by atoms with Gasteiger partial charge in [-0.3, -0.25) is 0 Å². The molecule has 2 heterocycles. The highest BCUT2D eigenvalue weighted by molar-refractivity contribution is 5.07. The predicted octanol–water partition coefficient (Wildman–Crippen LogP) is 0.829. The van der Waals surface area contributed by atoms with Gasteiger partial charge < -0.3 is 14.3 Å². The molecule has 0 amide bonds. The average Bonchev–Trinajstić information content (AvgIpc) is 2.65. The summed E-state index contributed by atoms with van der Waals surface area (Å²) in [6, 6.07) is 1.92. The highest BCUT2D eigenvalue weighted by atomic mass is 16.5. The molecule has 1 saturated heterocycles. The van der Waals surface area contributed by atoms with Crippen molar-refractivity contribution in [1.29, 1.82) is 0 Å². The lowest BCUT2D eigenvalue weighted by molar-refractivity contribution is 0.118. The van der Waals surface area contributed by atoms with Gasteiger partial charge in [0.15, 0.2) is 0 Å².